The Morgan fingerprint density at radius 1 is 1.39 bits per heavy atom. The summed E-state index contributed by atoms with van der Waals surface area (Å²) in [7, 11) is 1.43. The molecule has 0 aliphatic carbocycles. The average molecular weight is 334 g/mol. The Bertz CT molecular complexity index is 569. The second-order valence-corrected chi connectivity index (χ2v) is 4.92. The van der Waals surface area contributed by atoms with Crippen molar-refractivity contribution in [2.75, 3.05) is 13.6 Å². The van der Waals surface area contributed by atoms with Gasteiger partial charge < -0.3 is 20.1 Å². The Balaban J connectivity index is 2.56. The number of alkyl halides is 2. The molecule has 2 N–H and O–H groups in total. The van der Waals surface area contributed by atoms with Crippen molar-refractivity contribution in [1.29, 1.82) is 0 Å². The standard InChI is InChI=1S/C14H17F3N2O4/c1-8(12(20)21)7-19(2)14(22)18-6-9-3-4-11(10(15)5-9)23-13(16)17/h3-5,8,13H,6-7H2,1-2H3,(H,18,22)(H,20,21). The molecule has 1 rings (SSSR count). The monoisotopic (exact) mass is 334 g/mol. The molecule has 2 amide bonds. The summed E-state index contributed by atoms with van der Waals surface area (Å²) in [6, 6.07) is 2.81. The van der Waals surface area contributed by atoms with E-state index in [0.29, 0.717) is 5.56 Å². The summed E-state index contributed by atoms with van der Waals surface area (Å²) >= 11 is 0. The Labute approximate surface area is 130 Å². The number of nitrogens with one attached hydrogen (secondary N) is 1. The van der Waals surface area contributed by atoms with Gasteiger partial charge in [-0.25, -0.2) is 9.18 Å². The second-order valence-electron chi connectivity index (χ2n) is 4.92. The molecule has 0 aromatic heterocycles. The molecule has 0 bridgehead atoms. The van der Waals surface area contributed by atoms with Crippen LogP contribution in [0.25, 0.3) is 0 Å². The van der Waals surface area contributed by atoms with Gasteiger partial charge in [0.2, 0.25) is 0 Å². The second kappa shape index (κ2) is 8.25. The molecule has 0 saturated heterocycles. The van der Waals surface area contributed by atoms with Crippen LogP contribution in [0.1, 0.15) is 12.5 Å². The summed E-state index contributed by atoms with van der Waals surface area (Å²) in [5.41, 5.74) is 0.345. The maximum absolute atomic E-state index is 13.5. The van der Waals surface area contributed by atoms with Crippen molar-refractivity contribution >= 4 is 12.0 Å². The lowest BCUT2D eigenvalue weighted by Gasteiger charge is -2.20. The number of carboxylic acids is 1. The molecule has 0 heterocycles. The maximum Gasteiger partial charge on any atom is 0.387 e. The lowest BCUT2D eigenvalue weighted by molar-refractivity contribution is -0.141. The van der Waals surface area contributed by atoms with Gasteiger partial charge in [-0.2, -0.15) is 8.78 Å². The van der Waals surface area contributed by atoms with Crippen molar-refractivity contribution in [1.82, 2.24) is 10.2 Å². The molecular formula is C14H17F3N2O4. The van der Waals surface area contributed by atoms with E-state index in [4.69, 9.17) is 5.11 Å². The number of halogens is 3. The molecule has 6 nitrogen and oxygen atoms in total. The first-order valence-corrected chi connectivity index (χ1v) is 6.65. The van der Waals surface area contributed by atoms with Crippen molar-refractivity contribution in [2.45, 2.75) is 20.1 Å². The molecule has 0 aliphatic heterocycles. The number of aliphatic carboxylic acids is 1. The molecule has 9 heteroatoms. The topological polar surface area (TPSA) is 78.9 Å². The van der Waals surface area contributed by atoms with Crippen LogP contribution in [0.5, 0.6) is 5.75 Å². The van der Waals surface area contributed by atoms with Gasteiger partial charge in [0.15, 0.2) is 11.6 Å². The van der Waals surface area contributed by atoms with Crippen molar-refractivity contribution in [3.8, 4) is 5.75 Å². The first-order valence-electron chi connectivity index (χ1n) is 6.65. The first kappa shape index (κ1) is 18.6. The number of amides is 2. The highest BCUT2D eigenvalue weighted by molar-refractivity contribution is 5.75. The van der Waals surface area contributed by atoms with Gasteiger partial charge in [0, 0.05) is 20.1 Å². The van der Waals surface area contributed by atoms with Crippen LogP contribution in [0.4, 0.5) is 18.0 Å². The van der Waals surface area contributed by atoms with Crippen LogP contribution in [-0.2, 0) is 11.3 Å². The normalized spacial score (nSPS) is 11.9. The number of carboxylic acid groups (broad SMARTS) is 1. The molecule has 0 aliphatic rings. The molecule has 1 aromatic carbocycles. The zero-order chi connectivity index (χ0) is 17.6. The summed E-state index contributed by atoms with van der Waals surface area (Å²) in [4.78, 5) is 23.7. The highest BCUT2D eigenvalue weighted by atomic mass is 19.3. The van der Waals surface area contributed by atoms with Crippen molar-refractivity contribution < 1.29 is 32.6 Å². The third kappa shape index (κ3) is 6.05. The Morgan fingerprint density at radius 2 is 2.04 bits per heavy atom. The third-order valence-electron chi connectivity index (χ3n) is 2.97. The van der Waals surface area contributed by atoms with E-state index in [1.54, 1.807) is 0 Å². The summed E-state index contributed by atoms with van der Waals surface area (Å²) in [6.07, 6.45) is 0. The smallest absolute Gasteiger partial charge is 0.387 e. The van der Waals surface area contributed by atoms with Crippen LogP contribution in [0, 0.1) is 11.7 Å². The molecule has 0 spiro atoms. The molecular weight excluding hydrogens is 317 g/mol. The van der Waals surface area contributed by atoms with Gasteiger partial charge in [0.1, 0.15) is 0 Å². The molecule has 1 aromatic rings. The predicted molar refractivity (Wildman–Crippen MR) is 74.7 cm³/mol. The van der Waals surface area contributed by atoms with Crippen LogP contribution >= 0.6 is 0 Å². The minimum atomic E-state index is -3.13. The molecule has 1 atom stereocenters. The van der Waals surface area contributed by atoms with E-state index in [0.717, 1.165) is 12.1 Å². The molecule has 1 unspecified atom stereocenters. The van der Waals surface area contributed by atoms with Gasteiger partial charge in [-0.1, -0.05) is 13.0 Å². The van der Waals surface area contributed by atoms with Gasteiger partial charge in [-0.05, 0) is 17.7 Å². The summed E-state index contributed by atoms with van der Waals surface area (Å²) in [5, 5.41) is 11.2. The van der Waals surface area contributed by atoms with Crippen molar-refractivity contribution in [3.05, 3.63) is 29.6 Å². The lowest BCUT2D eigenvalue weighted by Crippen LogP contribution is -2.40. The van der Waals surface area contributed by atoms with E-state index < -0.39 is 36.1 Å². The largest absolute Gasteiger partial charge is 0.481 e. The SMILES string of the molecule is CC(CN(C)C(=O)NCc1ccc(OC(F)F)c(F)c1)C(=O)O. The zero-order valence-electron chi connectivity index (χ0n) is 12.6. The number of ether oxygens (including phenoxy) is 1. The number of carbonyl (C=O) groups excluding carboxylic acids is 1. The molecule has 128 valence electrons. The Kier molecular flexibility index (Phi) is 6.67. The van der Waals surface area contributed by atoms with E-state index in [9.17, 15) is 22.8 Å². The van der Waals surface area contributed by atoms with E-state index in [-0.39, 0.29) is 13.1 Å². The maximum atomic E-state index is 13.5. The van der Waals surface area contributed by atoms with Crippen LogP contribution in [0.2, 0.25) is 0 Å². The van der Waals surface area contributed by atoms with Crippen LogP contribution < -0.4 is 10.1 Å². The highest BCUT2D eigenvalue weighted by Gasteiger charge is 2.17. The first-order chi connectivity index (χ1) is 10.7. The number of hydrogen-bond donors (Lipinski definition) is 2. The number of urea groups is 1. The molecule has 0 saturated carbocycles. The summed E-state index contributed by atoms with van der Waals surface area (Å²) < 4.78 is 41.5. The lowest BCUT2D eigenvalue weighted by atomic mass is 10.2. The van der Waals surface area contributed by atoms with Crippen LogP contribution in [0.15, 0.2) is 18.2 Å². The number of benzene rings is 1. The Morgan fingerprint density at radius 3 is 2.57 bits per heavy atom. The predicted octanol–water partition coefficient (Wildman–Crippen LogP) is 2.29. The van der Waals surface area contributed by atoms with Crippen LogP contribution in [0.3, 0.4) is 0 Å². The van der Waals surface area contributed by atoms with Crippen LogP contribution in [-0.4, -0.2) is 42.2 Å². The number of rotatable bonds is 7. The quantitative estimate of drug-likeness (QED) is 0.802. The number of carbonyl (C=O) groups is 2. The molecule has 0 fully saturated rings. The van der Waals surface area contributed by atoms with Gasteiger partial charge in [0.05, 0.1) is 5.92 Å². The van der Waals surface area contributed by atoms with E-state index in [1.807, 2.05) is 0 Å². The summed E-state index contributed by atoms with van der Waals surface area (Å²) in [6.45, 7) is -1.70. The van der Waals surface area contributed by atoms with E-state index in [1.165, 1.54) is 24.9 Å². The number of hydrogen-bond acceptors (Lipinski definition) is 3. The molecule has 0 radical (unpaired) electrons. The highest BCUT2D eigenvalue weighted by Crippen LogP contribution is 2.20. The van der Waals surface area contributed by atoms with Crippen molar-refractivity contribution in [2.24, 2.45) is 5.92 Å². The average Bonchev–Trinajstić information content (AvgIpc) is 2.46. The fourth-order valence-electron chi connectivity index (χ4n) is 1.73. The molecule has 23 heavy (non-hydrogen) atoms. The fourth-order valence-corrected chi connectivity index (χ4v) is 1.73. The van der Waals surface area contributed by atoms with Crippen molar-refractivity contribution in [3.63, 3.8) is 0 Å². The minimum absolute atomic E-state index is 0.0106. The van der Waals surface area contributed by atoms with Gasteiger partial charge in [-0.15, -0.1) is 0 Å². The van der Waals surface area contributed by atoms with Gasteiger partial charge >= 0.3 is 18.6 Å². The zero-order valence-corrected chi connectivity index (χ0v) is 12.6. The van der Waals surface area contributed by atoms with Gasteiger partial charge in [-0.3, -0.25) is 4.79 Å². The van der Waals surface area contributed by atoms with E-state index >= 15 is 0 Å². The van der Waals surface area contributed by atoms with Gasteiger partial charge in [0.25, 0.3) is 0 Å². The third-order valence-corrected chi connectivity index (χ3v) is 2.97. The fraction of sp³-hybridized carbons (Fsp3) is 0.429. The number of nitrogens with zero attached hydrogens (tertiary/aromatic N) is 1. The van der Waals surface area contributed by atoms with E-state index in [2.05, 4.69) is 10.1 Å². The Hall–Kier alpha value is -2.45. The minimum Gasteiger partial charge on any atom is -0.481 e. The summed E-state index contributed by atoms with van der Waals surface area (Å²) in [5.74, 6) is -3.30.